The largest absolute Gasteiger partial charge is 0.485 e. The van der Waals surface area contributed by atoms with Gasteiger partial charge in [-0.15, -0.1) is 0 Å². The minimum Gasteiger partial charge on any atom is -0.485 e. The molecule has 21 heavy (non-hydrogen) atoms. The van der Waals surface area contributed by atoms with Gasteiger partial charge in [-0.05, 0) is 36.8 Å². The van der Waals surface area contributed by atoms with Crippen molar-refractivity contribution in [1.29, 1.82) is 0 Å². The van der Waals surface area contributed by atoms with E-state index in [2.05, 4.69) is 40.3 Å². The molecule has 1 aliphatic heterocycles. The molecule has 110 valence electrons. The Hall–Kier alpha value is -2.07. The van der Waals surface area contributed by atoms with Gasteiger partial charge in [0.25, 0.3) is 0 Å². The predicted molar refractivity (Wildman–Crippen MR) is 84.8 cm³/mol. The van der Waals surface area contributed by atoms with Gasteiger partial charge in [-0.25, -0.2) is 0 Å². The number of piperazine rings is 1. The fourth-order valence-corrected chi connectivity index (χ4v) is 2.54. The van der Waals surface area contributed by atoms with Crippen molar-refractivity contribution < 1.29 is 4.74 Å². The summed E-state index contributed by atoms with van der Waals surface area (Å²) in [6.45, 7) is 6.70. The van der Waals surface area contributed by atoms with E-state index in [1.165, 1.54) is 11.3 Å². The standard InChI is InChI=1S/C17H21N3O/c1-14-5-6-17(21-13-15-4-2-3-7-19-15)16(12-14)20-10-8-18-9-11-20/h2-7,12,18H,8-11,13H2,1H3. The van der Waals surface area contributed by atoms with E-state index in [9.17, 15) is 0 Å². The molecule has 3 rings (SSSR count). The lowest BCUT2D eigenvalue weighted by Crippen LogP contribution is -2.43. The summed E-state index contributed by atoms with van der Waals surface area (Å²) >= 11 is 0. The Morgan fingerprint density at radius 1 is 1.19 bits per heavy atom. The van der Waals surface area contributed by atoms with Crippen LogP contribution in [0.3, 0.4) is 0 Å². The molecule has 4 nitrogen and oxygen atoms in total. The van der Waals surface area contributed by atoms with E-state index in [1.807, 2.05) is 18.2 Å². The highest BCUT2D eigenvalue weighted by molar-refractivity contribution is 5.60. The SMILES string of the molecule is Cc1ccc(OCc2ccccn2)c(N2CCNCC2)c1. The molecule has 4 heteroatoms. The zero-order valence-corrected chi connectivity index (χ0v) is 12.4. The van der Waals surface area contributed by atoms with E-state index in [0.717, 1.165) is 37.6 Å². The van der Waals surface area contributed by atoms with Crippen molar-refractivity contribution in [2.75, 3.05) is 31.1 Å². The molecule has 0 aliphatic carbocycles. The van der Waals surface area contributed by atoms with Gasteiger partial charge in [0, 0.05) is 32.4 Å². The molecule has 0 amide bonds. The first-order valence-corrected chi connectivity index (χ1v) is 7.42. The van der Waals surface area contributed by atoms with Gasteiger partial charge in [0.2, 0.25) is 0 Å². The van der Waals surface area contributed by atoms with Crippen molar-refractivity contribution in [3.05, 3.63) is 53.9 Å². The van der Waals surface area contributed by atoms with Crippen molar-refractivity contribution in [2.45, 2.75) is 13.5 Å². The maximum absolute atomic E-state index is 6.01. The smallest absolute Gasteiger partial charge is 0.143 e. The summed E-state index contributed by atoms with van der Waals surface area (Å²) < 4.78 is 6.01. The lowest BCUT2D eigenvalue weighted by atomic mass is 10.1. The lowest BCUT2D eigenvalue weighted by molar-refractivity contribution is 0.301. The molecule has 0 spiro atoms. The topological polar surface area (TPSA) is 37.4 Å². The maximum Gasteiger partial charge on any atom is 0.143 e. The molecule has 1 aromatic carbocycles. The van der Waals surface area contributed by atoms with Gasteiger partial charge in [-0.1, -0.05) is 12.1 Å². The van der Waals surface area contributed by atoms with Gasteiger partial charge < -0.3 is 15.0 Å². The molecule has 0 bridgehead atoms. The molecule has 2 heterocycles. The van der Waals surface area contributed by atoms with Crippen LogP contribution in [0, 0.1) is 6.92 Å². The van der Waals surface area contributed by atoms with E-state index < -0.39 is 0 Å². The number of benzene rings is 1. The summed E-state index contributed by atoms with van der Waals surface area (Å²) in [6.07, 6.45) is 1.80. The van der Waals surface area contributed by atoms with Gasteiger partial charge in [0.1, 0.15) is 12.4 Å². The Morgan fingerprint density at radius 3 is 2.81 bits per heavy atom. The molecule has 1 N–H and O–H groups in total. The number of aromatic nitrogens is 1. The van der Waals surface area contributed by atoms with Crippen molar-refractivity contribution in [1.82, 2.24) is 10.3 Å². The van der Waals surface area contributed by atoms with Crippen LogP contribution < -0.4 is 15.0 Å². The highest BCUT2D eigenvalue weighted by Crippen LogP contribution is 2.30. The Labute approximate surface area is 125 Å². The van der Waals surface area contributed by atoms with Crippen LogP contribution >= 0.6 is 0 Å². The van der Waals surface area contributed by atoms with Gasteiger partial charge in [-0.3, -0.25) is 4.98 Å². The molecule has 1 aliphatic rings. The summed E-state index contributed by atoms with van der Waals surface area (Å²) in [5, 5.41) is 3.38. The third-order valence-electron chi connectivity index (χ3n) is 3.67. The average Bonchev–Trinajstić information content (AvgIpc) is 2.55. The van der Waals surface area contributed by atoms with E-state index in [0.29, 0.717) is 6.61 Å². The van der Waals surface area contributed by atoms with Gasteiger partial charge in [0.15, 0.2) is 0 Å². The highest BCUT2D eigenvalue weighted by Gasteiger charge is 2.15. The Morgan fingerprint density at radius 2 is 2.05 bits per heavy atom. The minimum atomic E-state index is 0.503. The lowest BCUT2D eigenvalue weighted by Gasteiger charge is -2.31. The molecule has 0 saturated carbocycles. The Bertz CT molecular complexity index is 580. The first-order chi connectivity index (χ1) is 10.3. The highest BCUT2D eigenvalue weighted by atomic mass is 16.5. The number of rotatable bonds is 4. The summed E-state index contributed by atoms with van der Waals surface area (Å²) in [5.41, 5.74) is 3.39. The quantitative estimate of drug-likeness (QED) is 0.935. The van der Waals surface area contributed by atoms with E-state index in [4.69, 9.17) is 4.74 Å². The first-order valence-electron chi connectivity index (χ1n) is 7.42. The number of hydrogen-bond donors (Lipinski definition) is 1. The van der Waals surface area contributed by atoms with Crippen LogP contribution in [0.15, 0.2) is 42.6 Å². The first kappa shape index (κ1) is 13.9. The third kappa shape index (κ3) is 3.52. The number of pyridine rings is 1. The zero-order chi connectivity index (χ0) is 14.5. The van der Waals surface area contributed by atoms with E-state index in [-0.39, 0.29) is 0 Å². The van der Waals surface area contributed by atoms with Crippen molar-refractivity contribution in [2.24, 2.45) is 0 Å². The number of nitrogens with zero attached hydrogens (tertiary/aromatic N) is 2. The second-order valence-corrected chi connectivity index (χ2v) is 5.32. The van der Waals surface area contributed by atoms with Crippen LogP contribution in [0.1, 0.15) is 11.3 Å². The number of hydrogen-bond acceptors (Lipinski definition) is 4. The molecule has 1 aromatic heterocycles. The average molecular weight is 283 g/mol. The predicted octanol–water partition coefficient (Wildman–Crippen LogP) is 2.38. The van der Waals surface area contributed by atoms with Gasteiger partial charge >= 0.3 is 0 Å². The van der Waals surface area contributed by atoms with Crippen LogP contribution in [0.25, 0.3) is 0 Å². The van der Waals surface area contributed by atoms with Crippen LogP contribution in [0.4, 0.5) is 5.69 Å². The summed E-state index contributed by atoms with van der Waals surface area (Å²) in [7, 11) is 0. The molecule has 0 radical (unpaired) electrons. The molecule has 1 saturated heterocycles. The Balaban J connectivity index is 1.77. The second kappa shape index (κ2) is 6.59. The van der Waals surface area contributed by atoms with Crippen LogP contribution in [-0.4, -0.2) is 31.2 Å². The molecule has 0 atom stereocenters. The number of ether oxygens (including phenoxy) is 1. The van der Waals surface area contributed by atoms with E-state index in [1.54, 1.807) is 6.20 Å². The second-order valence-electron chi connectivity index (χ2n) is 5.32. The molecule has 0 unspecified atom stereocenters. The normalized spacial score (nSPS) is 15.0. The van der Waals surface area contributed by atoms with Crippen molar-refractivity contribution in [3.63, 3.8) is 0 Å². The third-order valence-corrected chi connectivity index (χ3v) is 3.67. The summed E-state index contributed by atoms with van der Waals surface area (Å²) in [4.78, 5) is 6.69. The number of nitrogens with one attached hydrogen (secondary N) is 1. The fraction of sp³-hybridized carbons (Fsp3) is 0.353. The molecule has 2 aromatic rings. The van der Waals surface area contributed by atoms with Crippen molar-refractivity contribution in [3.8, 4) is 5.75 Å². The van der Waals surface area contributed by atoms with E-state index >= 15 is 0 Å². The van der Waals surface area contributed by atoms with Crippen LogP contribution in [-0.2, 0) is 6.61 Å². The number of aryl methyl sites for hydroxylation is 1. The van der Waals surface area contributed by atoms with Gasteiger partial charge in [-0.2, -0.15) is 0 Å². The minimum absolute atomic E-state index is 0.503. The van der Waals surface area contributed by atoms with Crippen molar-refractivity contribution >= 4 is 5.69 Å². The summed E-state index contributed by atoms with van der Waals surface area (Å²) in [5.74, 6) is 0.938. The molecular formula is C17H21N3O. The zero-order valence-electron chi connectivity index (χ0n) is 12.4. The van der Waals surface area contributed by atoms with Crippen LogP contribution in [0.2, 0.25) is 0 Å². The summed E-state index contributed by atoms with van der Waals surface area (Å²) in [6, 6.07) is 12.3. The Kier molecular flexibility index (Phi) is 4.36. The molecular weight excluding hydrogens is 262 g/mol. The molecule has 1 fully saturated rings. The maximum atomic E-state index is 6.01. The number of anilines is 1. The van der Waals surface area contributed by atoms with Gasteiger partial charge in [0.05, 0.1) is 11.4 Å². The van der Waals surface area contributed by atoms with Crippen LogP contribution in [0.5, 0.6) is 5.75 Å². The monoisotopic (exact) mass is 283 g/mol. The fourth-order valence-electron chi connectivity index (χ4n) is 2.54.